The third-order valence-corrected chi connectivity index (χ3v) is 10.4. The van der Waals surface area contributed by atoms with Gasteiger partial charge in [0, 0.05) is 0 Å². The summed E-state index contributed by atoms with van der Waals surface area (Å²) in [6, 6.07) is 53.1. The van der Waals surface area contributed by atoms with E-state index in [9.17, 15) is 0 Å². The van der Waals surface area contributed by atoms with Gasteiger partial charge >= 0.3 is 0 Å². The van der Waals surface area contributed by atoms with Crippen molar-refractivity contribution in [2.24, 2.45) is 0 Å². The molecule has 0 amide bonds. The zero-order valence-electron chi connectivity index (χ0n) is 22.8. The van der Waals surface area contributed by atoms with Gasteiger partial charge in [-0.3, -0.25) is 0 Å². The van der Waals surface area contributed by atoms with Crippen LogP contribution in [-0.4, -0.2) is 0 Å². The third kappa shape index (κ3) is 3.93. The maximum Gasteiger partial charge on any atom is 0.131 e. The fraction of sp³-hybridized carbons (Fsp3) is 0.0500. The van der Waals surface area contributed by atoms with E-state index >= 15 is 0 Å². The highest BCUT2D eigenvalue weighted by Crippen LogP contribution is 2.57. The van der Waals surface area contributed by atoms with Crippen molar-refractivity contribution in [2.45, 2.75) is 9.65 Å². The molecule has 2 aliphatic rings. The van der Waals surface area contributed by atoms with E-state index in [2.05, 4.69) is 177 Å². The lowest BCUT2D eigenvalue weighted by Gasteiger charge is -2.37. The Morgan fingerprint density at radius 2 is 0.905 bits per heavy atom. The fourth-order valence-electron chi connectivity index (χ4n) is 6.87. The van der Waals surface area contributed by atoms with Gasteiger partial charge in [-0.1, -0.05) is 177 Å². The SMILES string of the molecule is BrC1(Br)c2ccccc2C(=C2c3ccccc3Cc3ccc(-c4ccccc4)c(-c4ccccc4)c32)c2ccccc21. The lowest BCUT2D eigenvalue weighted by atomic mass is 9.71. The summed E-state index contributed by atoms with van der Waals surface area (Å²) in [5, 5.41) is 0. The zero-order valence-corrected chi connectivity index (χ0v) is 26.0. The summed E-state index contributed by atoms with van der Waals surface area (Å²) in [6.45, 7) is 0. The van der Waals surface area contributed by atoms with Gasteiger partial charge in [0.25, 0.3) is 0 Å². The van der Waals surface area contributed by atoms with Gasteiger partial charge in [-0.15, -0.1) is 0 Å². The predicted octanol–water partition coefficient (Wildman–Crippen LogP) is 11.2. The molecule has 0 bridgehead atoms. The lowest BCUT2D eigenvalue weighted by molar-refractivity contribution is 1.07. The van der Waals surface area contributed by atoms with E-state index in [1.54, 1.807) is 0 Å². The van der Waals surface area contributed by atoms with E-state index in [1.807, 2.05) is 0 Å². The van der Waals surface area contributed by atoms with Crippen LogP contribution < -0.4 is 0 Å². The first-order valence-electron chi connectivity index (χ1n) is 14.3. The van der Waals surface area contributed by atoms with Gasteiger partial charge in [0.05, 0.1) is 0 Å². The summed E-state index contributed by atoms with van der Waals surface area (Å²) in [6.07, 6.45) is 0.904. The van der Waals surface area contributed by atoms with Crippen LogP contribution in [0.1, 0.15) is 44.5 Å². The molecule has 0 saturated heterocycles. The molecule has 2 aliphatic carbocycles. The molecule has 0 nitrogen and oxygen atoms in total. The van der Waals surface area contributed by atoms with Gasteiger partial charge in [0.2, 0.25) is 0 Å². The van der Waals surface area contributed by atoms with Crippen molar-refractivity contribution in [3.63, 3.8) is 0 Å². The number of halogens is 2. The molecule has 42 heavy (non-hydrogen) atoms. The number of hydrogen-bond acceptors (Lipinski definition) is 0. The molecule has 0 heterocycles. The molecule has 0 spiro atoms. The van der Waals surface area contributed by atoms with E-state index < -0.39 is 3.23 Å². The summed E-state index contributed by atoms with van der Waals surface area (Å²) in [7, 11) is 0. The fourth-order valence-corrected chi connectivity index (χ4v) is 8.25. The highest BCUT2D eigenvalue weighted by atomic mass is 79.9. The Labute approximate surface area is 263 Å². The Morgan fingerprint density at radius 1 is 0.381 bits per heavy atom. The lowest BCUT2D eigenvalue weighted by Crippen LogP contribution is -2.22. The molecule has 200 valence electrons. The van der Waals surface area contributed by atoms with Crippen LogP contribution >= 0.6 is 31.9 Å². The number of benzene rings is 6. The standard InChI is InChI=1S/C40H26Br2/c41-40(42)34-21-11-9-19-32(34)38(33-20-10-12-22-35(33)40)39-30-18-8-7-17-28(30)25-29-23-24-31(26-13-3-1-4-14-26)36(37(29)39)27-15-5-2-6-16-27/h1-24H,25H2. The minimum absolute atomic E-state index is 0.470. The number of fused-ring (bicyclic) bond motifs is 4. The normalized spacial score (nSPS) is 14.4. The van der Waals surface area contributed by atoms with Gasteiger partial charge in [-0.25, -0.2) is 0 Å². The number of alkyl halides is 2. The van der Waals surface area contributed by atoms with Crippen LogP contribution in [0, 0.1) is 0 Å². The van der Waals surface area contributed by atoms with Crippen LogP contribution in [-0.2, 0) is 9.65 Å². The van der Waals surface area contributed by atoms with E-state index in [4.69, 9.17) is 0 Å². The molecule has 0 N–H and O–H groups in total. The van der Waals surface area contributed by atoms with Crippen LogP contribution in [0.25, 0.3) is 33.4 Å². The van der Waals surface area contributed by atoms with Gasteiger partial charge < -0.3 is 0 Å². The molecule has 0 atom stereocenters. The van der Waals surface area contributed by atoms with Crippen molar-refractivity contribution in [1.29, 1.82) is 0 Å². The molecule has 0 aromatic heterocycles. The van der Waals surface area contributed by atoms with Crippen LogP contribution in [0.5, 0.6) is 0 Å². The van der Waals surface area contributed by atoms with Crippen molar-refractivity contribution >= 4 is 43.0 Å². The monoisotopic (exact) mass is 664 g/mol. The van der Waals surface area contributed by atoms with Gasteiger partial charge in [0.15, 0.2) is 0 Å². The smallest absolute Gasteiger partial charge is 0.0622 e. The zero-order chi connectivity index (χ0) is 28.3. The maximum absolute atomic E-state index is 4.09. The van der Waals surface area contributed by atoms with Crippen molar-refractivity contribution in [2.75, 3.05) is 0 Å². The summed E-state index contributed by atoms with van der Waals surface area (Å²) < 4.78 is -0.470. The second-order valence-electron chi connectivity index (χ2n) is 11.0. The number of hydrogen-bond donors (Lipinski definition) is 0. The largest absolute Gasteiger partial charge is 0.131 e. The Hall–Kier alpha value is -3.98. The average Bonchev–Trinajstić information content (AvgIpc) is 3.05. The topological polar surface area (TPSA) is 0 Å². The third-order valence-electron chi connectivity index (χ3n) is 8.68. The molecule has 0 unspecified atom stereocenters. The minimum Gasteiger partial charge on any atom is -0.0622 e. The second kappa shape index (κ2) is 10.1. The van der Waals surface area contributed by atoms with Crippen LogP contribution in [0.2, 0.25) is 0 Å². The minimum atomic E-state index is -0.470. The van der Waals surface area contributed by atoms with Gasteiger partial charge in [0.1, 0.15) is 3.23 Å². The van der Waals surface area contributed by atoms with Crippen molar-refractivity contribution in [3.8, 4) is 22.3 Å². The highest BCUT2D eigenvalue weighted by molar-refractivity contribution is 9.25. The molecule has 6 aromatic carbocycles. The van der Waals surface area contributed by atoms with Gasteiger partial charge in [-0.05, 0) is 84.3 Å². The molecular formula is C40H26Br2. The molecule has 8 rings (SSSR count). The molecule has 2 heteroatoms. The molecule has 6 aromatic rings. The molecule has 0 radical (unpaired) electrons. The van der Waals surface area contributed by atoms with E-state index in [0.717, 1.165) is 6.42 Å². The Bertz CT molecular complexity index is 1970. The second-order valence-corrected chi connectivity index (χ2v) is 14.4. The van der Waals surface area contributed by atoms with Gasteiger partial charge in [-0.2, -0.15) is 0 Å². The van der Waals surface area contributed by atoms with Crippen LogP contribution in [0.4, 0.5) is 0 Å². The predicted molar refractivity (Wildman–Crippen MR) is 183 cm³/mol. The Morgan fingerprint density at radius 3 is 1.55 bits per heavy atom. The maximum atomic E-state index is 4.09. The highest BCUT2D eigenvalue weighted by Gasteiger charge is 2.40. The first kappa shape index (κ1) is 25.7. The molecular weight excluding hydrogens is 640 g/mol. The Kier molecular flexibility index (Phi) is 6.17. The van der Waals surface area contributed by atoms with Crippen LogP contribution in [0.15, 0.2) is 146 Å². The average molecular weight is 666 g/mol. The van der Waals surface area contributed by atoms with E-state index in [0.29, 0.717) is 0 Å². The molecule has 0 aliphatic heterocycles. The first-order chi connectivity index (χ1) is 20.6. The summed E-state index contributed by atoms with van der Waals surface area (Å²) in [5.41, 5.74) is 17.9. The first-order valence-corrected chi connectivity index (χ1v) is 15.9. The van der Waals surface area contributed by atoms with E-state index in [-0.39, 0.29) is 0 Å². The van der Waals surface area contributed by atoms with E-state index in [1.165, 1.54) is 77.9 Å². The summed E-state index contributed by atoms with van der Waals surface area (Å²) in [5.74, 6) is 0. The summed E-state index contributed by atoms with van der Waals surface area (Å²) >= 11 is 8.18. The van der Waals surface area contributed by atoms with Crippen molar-refractivity contribution in [3.05, 3.63) is 190 Å². The molecule has 0 saturated carbocycles. The molecule has 0 fully saturated rings. The van der Waals surface area contributed by atoms with Crippen LogP contribution in [0.3, 0.4) is 0 Å². The summed E-state index contributed by atoms with van der Waals surface area (Å²) in [4.78, 5) is 0. The Balaban J connectivity index is 1.59. The van der Waals surface area contributed by atoms with Crippen molar-refractivity contribution < 1.29 is 0 Å². The van der Waals surface area contributed by atoms with Crippen molar-refractivity contribution in [1.82, 2.24) is 0 Å². The quantitative estimate of drug-likeness (QED) is 0.161. The number of rotatable bonds is 2.